The van der Waals surface area contributed by atoms with Gasteiger partial charge in [-0.15, -0.1) is 0 Å². The van der Waals surface area contributed by atoms with Crippen LogP contribution in [0.2, 0.25) is 0 Å². The van der Waals surface area contributed by atoms with E-state index < -0.39 is 148 Å². The molecule has 0 spiro atoms. The molecule has 0 aromatic heterocycles. The summed E-state index contributed by atoms with van der Waals surface area (Å²) in [5.74, 6) is -4.12. The number of hydrogen-bond acceptors (Lipinski definition) is 22. The smallest absolute Gasteiger partial charge is 0.347 e. The van der Waals surface area contributed by atoms with Crippen molar-refractivity contribution in [2.75, 3.05) is 33.0 Å². The quantitative estimate of drug-likeness (QED) is 0.0839. The number of carbonyl (C=O) groups is 1. The van der Waals surface area contributed by atoms with Gasteiger partial charge in [-0.3, -0.25) is 0 Å². The molecule has 0 radical (unpaired) electrons. The van der Waals surface area contributed by atoms with E-state index >= 15 is 0 Å². The molecule has 0 bridgehead atoms. The maximum atomic E-state index is 12.2. The van der Waals surface area contributed by atoms with Crippen molar-refractivity contribution >= 4 is 5.97 Å². The third kappa shape index (κ3) is 8.19. The topological polar surface area (TPSA) is 380 Å². The molecule has 23 nitrogen and oxygen atoms in total. The van der Waals surface area contributed by atoms with E-state index in [0.29, 0.717) is 0 Å². The molecule has 3 fully saturated rings. The molecule has 18 atom stereocenters. The predicted molar refractivity (Wildman–Crippen MR) is 147 cm³/mol. The maximum absolute atomic E-state index is 12.2. The van der Waals surface area contributed by atoms with Gasteiger partial charge in [0.2, 0.25) is 11.9 Å². The van der Waals surface area contributed by atoms with Crippen LogP contribution in [0.4, 0.5) is 0 Å². The average molecular weight is 722 g/mol. The fourth-order valence-corrected chi connectivity index (χ4v) is 5.58. The van der Waals surface area contributed by atoms with Gasteiger partial charge in [-0.1, -0.05) is 0 Å². The minimum absolute atomic E-state index is 0.0255. The normalized spacial score (nSPS) is 46.3. The number of aliphatic hydroxyl groups excluding tert-OH is 12. The first-order valence-electron chi connectivity index (χ1n) is 15.1. The molecule has 0 saturated carbocycles. The lowest BCUT2D eigenvalue weighted by Crippen LogP contribution is -2.65. The number of nitrogens with two attached hydrogens (primary N) is 1. The lowest BCUT2D eigenvalue weighted by molar-refractivity contribution is -0.367. The number of carboxylic acid groups (broad SMARTS) is 1. The zero-order valence-corrected chi connectivity index (χ0v) is 25.5. The van der Waals surface area contributed by atoms with Gasteiger partial charge in [0.05, 0.1) is 26.4 Å². The first-order valence-corrected chi connectivity index (χ1v) is 15.1. The first-order chi connectivity index (χ1) is 23.2. The van der Waals surface area contributed by atoms with Crippen molar-refractivity contribution in [3.63, 3.8) is 0 Å². The minimum Gasteiger partial charge on any atom is -0.504 e. The average Bonchev–Trinajstić information content (AvgIpc) is 3.08. The Morgan fingerprint density at radius 1 is 0.653 bits per heavy atom. The van der Waals surface area contributed by atoms with Gasteiger partial charge in [-0.2, -0.15) is 0 Å². The molecule has 49 heavy (non-hydrogen) atoms. The Morgan fingerprint density at radius 3 is 1.71 bits per heavy atom. The highest BCUT2D eigenvalue weighted by Gasteiger charge is 2.55. The highest BCUT2D eigenvalue weighted by molar-refractivity contribution is 5.73. The van der Waals surface area contributed by atoms with Gasteiger partial charge < -0.3 is 110 Å². The Bertz CT molecular complexity index is 1110. The van der Waals surface area contributed by atoms with E-state index in [1.54, 1.807) is 0 Å². The number of ether oxygens (including phenoxy) is 8. The Hall–Kier alpha value is -2.11. The predicted octanol–water partition coefficient (Wildman–Crippen LogP) is -8.63. The Labute approximate surface area is 276 Å². The summed E-state index contributed by atoms with van der Waals surface area (Å²) in [6, 6.07) is 0. The van der Waals surface area contributed by atoms with Crippen LogP contribution in [-0.4, -0.2) is 216 Å². The van der Waals surface area contributed by atoms with Gasteiger partial charge in [0.25, 0.3) is 0 Å². The van der Waals surface area contributed by atoms with Gasteiger partial charge in [0, 0.05) is 6.54 Å². The molecule has 0 aromatic carbocycles. The lowest BCUT2D eigenvalue weighted by atomic mass is 9.96. The van der Waals surface area contributed by atoms with Crippen molar-refractivity contribution in [2.45, 2.75) is 110 Å². The van der Waals surface area contributed by atoms with Crippen molar-refractivity contribution in [2.24, 2.45) is 5.73 Å². The van der Waals surface area contributed by atoms with Gasteiger partial charge >= 0.3 is 11.9 Å². The highest BCUT2D eigenvalue weighted by atomic mass is 16.8. The fourth-order valence-electron chi connectivity index (χ4n) is 5.58. The Kier molecular flexibility index (Phi) is 13.7. The van der Waals surface area contributed by atoms with Crippen LogP contribution in [-0.2, 0) is 42.7 Å². The van der Waals surface area contributed by atoms with Crippen molar-refractivity contribution in [1.82, 2.24) is 0 Å². The summed E-state index contributed by atoms with van der Waals surface area (Å²) in [4.78, 5) is 12.2. The van der Waals surface area contributed by atoms with Crippen molar-refractivity contribution in [1.29, 1.82) is 0 Å². The van der Waals surface area contributed by atoms with Crippen LogP contribution in [0.1, 0.15) is 0 Å². The van der Waals surface area contributed by atoms with E-state index in [1.807, 2.05) is 0 Å². The first kappa shape index (κ1) is 39.7. The van der Waals surface area contributed by atoms with Crippen LogP contribution in [0.5, 0.6) is 0 Å². The van der Waals surface area contributed by atoms with Gasteiger partial charge in [0.15, 0.2) is 25.0 Å². The molecule has 0 amide bonds. The van der Waals surface area contributed by atoms with E-state index in [-0.39, 0.29) is 13.2 Å². The summed E-state index contributed by atoms with van der Waals surface area (Å²) in [6.45, 7) is -2.69. The largest absolute Gasteiger partial charge is 0.504 e. The van der Waals surface area contributed by atoms with Crippen LogP contribution >= 0.6 is 0 Å². The molecule has 3 saturated heterocycles. The Morgan fingerprint density at radius 2 is 1.14 bits per heavy atom. The summed E-state index contributed by atoms with van der Waals surface area (Å²) in [5, 5.41) is 134. The molecule has 4 aliphatic heterocycles. The third-order valence-electron chi connectivity index (χ3n) is 8.29. The zero-order chi connectivity index (χ0) is 36.3. The molecule has 4 heterocycles. The molecule has 0 aromatic rings. The molecular weight excluding hydrogens is 678 g/mol. The molecule has 0 aliphatic carbocycles. The van der Waals surface area contributed by atoms with Crippen LogP contribution in [0.15, 0.2) is 11.7 Å². The molecule has 4 aliphatic rings. The maximum Gasteiger partial charge on any atom is 0.347 e. The standard InChI is InChI=1S/C26H43NO22/c27-1-2-42-23-15(37)11(33)18(7(4-29)44-23)47-26-17(39)13(35)20(21(49-26)22(40)41)48-25-16(38)12(34)19(8(5-30)45-25)46-24-14(36)10(32)9(31)6(3-28)43-24/h6-16,18-21,23-25,28-39H,1-5,27H2,(H,40,41)/t6?,7?,8?,9-,10?,11?,12?,13?,14?,15+,16?,18-,19+,20+,21?,23-,24-,25-/m1/s1. The molecule has 15 N–H and O–H groups in total. The summed E-state index contributed by atoms with van der Waals surface area (Å²) in [6.07, 6.45) is -33.4. The number of rotatable bonds is 13. The van der Waals surface area contributed by atoms with Crippen molar-refractivity contribution in [3.05, 3.63) is 11.7 Å². The van der Waals surface area contributed by atoms with Gasteiger partial charge in [-0.25, -0.2) is 4.79 Å². The molecule has 10 unspecified atom stereocenters. The number of aliphatic hydroxyl groups is 12. The molecule has 23 heteroatoms. The summed E-state index contributed by atoms with van der Waals surface area (Å²) in [5.41, 5.74) is 5.35. The molecule has 4 rings (SSSR count). The van der Waals surface area contributed by atoms with Crippen LogP contribution in [0, 0.1) is 0 Å². The van der Waals surface area contributed by atoms with Crippen LogP contribution in [0.3, 0.4) is 0 Å². The fraction of sp³-hybridized carbons (Fsp3) is 0.885. The SMILES string of the molecule is NCCO[C@@H]1OC(CO)[C@@H](OC2=C(O)C(O)[C@H](O[C@H]3OC(CO)[C@H](O[C@H]4OC(CO)[C@@H](O)C(O)C4O)C(O)C3O)C(C(=O)O)O2)C(O)[C@@H]1O. The second-order valence-electron chi connectivity index (χ2n) is 11.5. The second kappa shape index (κ2) is 16.9. The van der Waals surface area contributed by atoms with Crippen LogP contribution < -0.4 is 5.73 Å². The van der Waals surface area contributed by atoms with Gasteiger partial charge in [0.1, 0.15) is 79.4 Å². The second-order valence-corrected chi connectivity index (χ2v) is 11.5. The van der Waals surface area contributed by atoms with E-state index in [9.17, 15) is 71.2 Å². The van der Waals surface area contributed by atoms with Gasteiger partial charge in [-0.05, 0) is 0 Å². The van der Waals surface area contributed by atoms with E-state index in [4.69, 9.17) is 43.6 Å². The third-order valence-corrected chi connectivity index (χ3v) is 8.29. The van der Waals surface area contributed by atoms with E-state index in [0.717, 1.165) is 0 Å². The number of aliphatic carboxylic acids is 1. The number of carboxylic acids is 1. The monoisotopic (exact) mass is 721 g/mol. The highest BCUT2D eigenvalue weighted by Crippen LogP contribution is 2.35. The van der Waals surface area contributed by atoms with E-state index in [1.165, 1.54) is 0 Å². The van der Waals surface area contributed by atoms with E-state index in [2.05, 4.69) is 0 Å². The zero-order valence-electron chi connectivity index (χ0n) is 25.5. The summed E-state index contributed by atoms with van der Waals surface area (Å²) < 4.78 is 42.7. The number of hydrogen-bond donors (Lipinski definition) is 14. The lowest BCUT2D eigenvalue weighted by Gasteiger charge is -2.47. The molecule has 284 valence electrons. The summed E-state index contributed by atoms with van der Waals surface area (Å²) >= 11 is 0. The van der Waals surface area contributed by atoms with Crippen molar-refractivity contribution < 1.29 is 109 Å². The van der Waals surface area contributed by atoms with Crippen molar-refractivity contribution in [3.8, 4) is 0 Å². The minimum atomic E-state index is -2.33. The Balaban J connectivity index is 1.49. The van der Waals surface area contributed by atoms with Crippen LogP contribution in [0.25, 0.3) is 0 Å². The molecular formula is C26H43NO22. The summed E-state index contributed by atoms with van der Waals surface area (Å²) in [7, 11) is 0.